The summed E-state index contributed by atoms with van der Waals surface area (Å²) in [6.07, 6.45) is 9.01. The number of aromatic amines is 2. The average Bonchev–Trinajstić information content (AvgIpc) is 3.32. The SMILES string of the molecule is O=c1[nH]c(Cn2cccn2)c2c3c(c(-c4cn[nH]c4)sc13)OCCC2. The maximum atomic E-state index is 12.7. The maximum absolute atomic E-state index is 12.7. The van der Waals surface area contributed by atoms with Crippen LogP contribution in [0.25, 0.3) is 20.5 Å². The molecule has 1 aliphatic heterocycles. The predicted molar refractivity (Wildman–Crippen MR) is 95.2 cm³/mol. The third-order valence-electron chi connectivity index (χ3n) is 4.46. The molecule has 0 atom stereocenters. The van der Waals surface area contributed by atoms with Gasteiger partial charge in [-0.1, -0.05) is 0 Å². The number of hydrogen-bond donors (Lipinski definition) is 2. The van der Waals surface area contributed by atoms with Gasteiger partial charge in [0.05, 0.1) is 24.2 Å². The van der Waals surface area contributed by atoms with E-state index in [-0.39, 0.29) is 5.56 Å². The first kappa shape index (κ1) is 14.5. The van der Waals surface area contributed by atoms with Crippen LogP contribution < -0.4 is 10.3 Å². The van der Waals surface area contributed by atoms with Crippen LogP contribution in [0.3, 0.4) is 0 Å². The van der Waals surface area contributed by atoms with Gasteiger partial charge in [-0.2, -0.15) is 10.2 Å². The number of ether oxygens (including phenoxy) is 1. The van der Waals surface area contributed by atoms with E-state index in [2.05, 4.69) is 20.3 Å². The molecule has 5 rings (SSSR count). The molecule has 0 spiro atoms. The highest BCUT2D eigenvalue weighted by Crippen LogP contribution is 2.46. The van der Waals surface area contributed by atoms with E-state index in [1.54, 1.807) is 12.4 Å². The van der Waals surface area contributed by atoms with Crippen molar-refractivity contribution >= 4 is 21.4 Å². The van der Waals surface area contributed by atoms with E-state index in [0.29, 0.717) is 17.9 Å². The van der Waals surface area contributed by atoms with Gasteiger partial charge in [-0.25, -0.2) is 0 Å². The highest BCUT2D eigenvalue weighted by molar-refractivity contribution is 7.22. The molecule has 0 saturated carbocycles. The van der Waals surface area contributed by atoms with E-state index in [9.17, 15) is 4.79 Å². The van der Waals surface area contributed by atoms with Crippen LogP contribution in [-0.2, 0) is 13.0 Å². The largest absolute Gasteiger partial charge is 0.491 e. The van der Waals surface area contributed by atoms with Gasteiger partial charge in [-0.3, -0.25) is 14.6 Å². The Balaban J connectivity index is 1.79. The van der Waals surface area contributed by atoms with E-state index in [4.69, 9.17) is 4.74 Å². The zero-order valence-electron chi connectivity index (χ0n) is 13.3. The van der Waals surface area contributed by atoms with E-state index in [1.165, 1.54) is 11.3 Å². The second kappa shape index (κ2) is 5.59. The summed E-state index contributed by atoms with van der Waals surface area (Å²) in [6, 6.07) is 1.88. The van der Waals surface area contributed by atoms with Crippen molar-refractivity contribution in [1.82, 2.24) is 25.0 Å². The normalized spacial score (nSPS) is 13.8. The smallest absolute Gasteiger partial charge is 0.266 e. The van der Waals surface area contributed by atoms with Crippen molar-refractivity contribution in [2.24, 2.45) is 0 Å². The molecule has 25 heavy (non-hydrogen) atoms. The van der Waals surface area contributed by atoms with E-state index >= 15 is 0 Å². The van der Waals surface area contributed by atoms with Crippen LogP contribution in [-0.4, -0.2) is 31.6 Å². The number of hydrogen-bond acceptors (Lipinski definition) is 5. The fourth-order valence-corrected chi connectivity index (χ4v) is 4.51. The number of H-pyrrole nitrogens is 2. The molecule has 2 N–H and O–H groups in total. The van der Waals surface area contributed by atoms with Crippen LogP contribution >= 0.6 is 11.3 Å². The number of rotatable bonds is 3. The molecule has 0 unspecified atom stereocenters. The quantitative estimate of drug-likeness (QED) is 0.592. The van der Waals surface area contributed by atoms with Crippen molar-refractivity contribution in [2.45, 2.75) is 19.4 Å². The lowest BCUT2D eigenvalue weighted by atomic mass is 10.0. The van der Waals surface area contributed by atoms with Crippen LogP contribution in [0.2, 0.25) is 0 Å². The predicted octanol–water partition coefficient (Wildman–Crippen LogP) is 2.55. The third kappa shape index (κ3) is 2.29. The minimum atomic E-state index is -0.0765. The summed E-state index contributed by atoms with van der Waals surface area (Å²) in [6.45, 7) is 1.19. The minimum Gasteiger partial charge on any atom is -0.491 e. The van der Waals surface area contributed by atoms with Crippen molar-refractivity contribution in [2.75, 3.05) is 6.61 Å². The van der Waals surface area contributed by atoms with Gasteiger partial charge >= 0.3 is 0 Å². The van der Waals surface area contributed by atoms with Crippen molar-refractivity contribution < 1.29 is 4.74 Å². The van der Waals surface area contributed by atoms with E-state index in [1.807, 2.05) is 23.1 Å². The molecule has 0 saturated heterocycles. The van der Waals surface area contributed by atoms with Crippen LogP contribution in [0, 0.1) is 0 Å². The van der Waals surface area contributed by atoms with E-state index in [0.717, 1.165) is 45.7 Å². The van der Waals surface area contributed by atoms with E-state index < -0.39 is 0 Å². The van der Waals surface area contributed by atoms with Crippen molar-refractivity contribution in [3.05, 3.63) is 52.5 Å². The molecule has 126 valence electrons. The Bertz CT molecular complexity index is 1090. The molecule has 5 heterocycles. The molecular weight excluding hydrogens is 338 g/mol. The Morgan fingerprint density at radius 3 is 3.16 bits per heavy atom. The zero-order valence-corrected chi connectivity index (χ0v) is 14.1. The topological polar surface area (TPSA) is 88.6 Å². The standard InChI is InChI=1S/C17H15N5O2S/c23-17-16-13-11(12(21-17)9-22-5-2-4-20-22)3-1-6-24-14(13)15(25-16)10-7-18-19-8-10/h2,4-5,7-8H,1,3,6,9H2,(H,18,19)(H,21,23). The Hall–Kier alpha value is -2.87. The summed E-state index contributed by atoms with van der Waals surface area (Å²) >= 11 is 1.46. The fourth-order valence-electron chi connectivity index (χ4n) is 3.36. The number of nitrogens with one attached hydrogen (secondary N) is 2. The molecule has 0 aliphatic carbocycles. The highest BCUT2D eigenvalue weighted by Gasteiger charge is 2.25. The Morgan fingerprint density at radius 1 is 1.40 bits per heavy atom. The van der Waals surface area contributed by atoms with Crippen LogP contribution in [0.15, 0.2) is 35.6 Å². The Labute approximate surface area is 146 Å². The fraction of sp³-hybridized carbons (Fsp3) is 0.235. The Morgan fingerprint density at radius 2 is 2.36 bits per heavy atom. The van der Waals surface area contributed by atoms with Gasteiger partial charge in [0, 0.05) is 35.2 Å². The number of pyridine rings is 1. The summed E-state index contributed by atoms with van der Waals surface area (Å²) in [5.74, 6) is 0.807. The number of aryl methyl sites for hydroxylation is 1. The summed E-state index contributed by atoms with van der Waals surface area (Å²) in [5, 5.41) is 12.1. The van der Waals surface area contributed by atoms with Crippen LogP contribution in [0.4, 0.5) is 0 Å². The number of nitrogens with zero attached hydrogens (tertiary/aromatic N) is 3. The minimum absolute atomic E-state index is 0.0765. The van der Waals surface area contributed by atoms with Gasteiger partial charge in [0.15, 0.2) is 0 Å². The van der Waals surface area contributed by atoms with Crippen molar-refractivity contribution in [1.29, 1.82) is 0 Å². The van der Waals surface area contributed by atoms with Crippen LogP contribution in [0.5, 0.6) is 5.75 Å². The zero-order chi connectivity index (χ0) is 16.8. The first-order valence-corrected chi connectivity index (χ1v) is 8.93. The first-order valence-electron chi connectivity index (χ1n) is 8.11. The van der Waals surface area contributed by atoms with Gasteiger partial charge in [-0.15, -0.1) is 11.3 Å². The van der Waals surface area contributed by atoms with Crippen molar-refractivity contribution in [3.63, 3.8) is 0 Å². The molecule has 0 amide bonds. The van der Waals surface area contributed by atoms with Gasteiger partial charge in [0.1, 0.15) is 10.4 Å². The summed E-state index contributed by atoms with van der Waals surface area (Å²) in [5.41, 5.74) is 2.93. The molecule has 4 aromatic rings. The molecule has 0 aromatic carbocycles. The molecule has 8 heteroatoms. The first-order chi connectivity index (χ1) is 12.3. The monoisotopic (exact) mass is 353 g/mol. The van der Waals surface area contributed by atoms with Crippen molar-refractivity contribution in [3.8, 4) is 16.2 Å². The maximum Gasteiger partial charge on any atom is 0.266 e. The lowest BCUT2D eigenvalue weighted by Crippen LogP contribution is -2.14. The lowest BCUT2D eigenvalue weighted by Gasteiger charge is -2.09. The molecule has 0 radical (unpaired) electrons. The third-order valence-corrected chi connectivity index (χ3v) is 5.68. The summed E-state index contributed by atoms with van der Waals surface area (Å²) < 4.78 is 8.59. The number of aromatic nitrogens is 5. The van der Waals surface area contributed by atoms with Crippen LogP contribution in [0.1, 0.15) is 17.7 Å². The lowest BCUT2D eigenvalue weighted by molar-refractivity contribution is 0.321. The molecule has 1 aliphatic rings. The summed E-state index contributed by atoms with van der Waals surface area (Å²) in [7, 11) is 0. The van der Waals surface area contributed by atoms with Gasteiger partial charge < -0.3 is 9.72 Å². The molecule has 0 bridgehead atoms. The van der Waals surface area contributed by atoms with Gasteiger partial charge in [0.25, 0.3) is 5.56 Å². The molecule has 0 fully saturated rings. The average molecular weight is 353 g/mol. The molecule has 4 aromatic heterocycles. The van der Waals surface area contributed by atoms with Gasteiger partial charge in [-0.05, 0) is 24.5 Å². The highest BCUT2D eigenvalue weighted by atomic mass is 32.1. The second-order valence-corrected chi connectivity index (χ2v) is 7.04. The Kier molecular flexibility index (Phi) is 3.24. The second-order valence-electron chi connectivity index (χ2n) is 6.02. The summed E-state index contributed by atoms with van der Waals surface area (Å²) in [4.78, 5) is 16.7. The number of thiophene rings is 1. The molecule has 7 nitrogen and oxygen atoms in total. The molecular formula is C17H15N5O2S. The van der Waals surface area contributed by atoms with Gasteiger partial charge in [0.2, 0.25) is 0 Å².